The van der Waals surface area contributed by atoms with Crippen molar-refractivity contribution in [3.63, 3.8) is 0 Å². The van der Waals surface area contributed by atoms with Crippen molar-refractivity contribution < 1.29 is 9.59 Å². The lowest BCUT2D eigenvalue weighted by atomic mass is 10.2. The molecule has 94 valence electrons. The van der Waals surface area contributed by atoms with Crippen molar-refractivity contribution in [2.75, 3.05) is 6.54 Å². The molecule has 1 aliphatic rings. The van der Waals surface area contributed by atoms with Crippen LogP contribution in [-0.4, -0.2) is 35.3 Å². The smallest absolute Gasteiger partial charge is 0.247 e. The predicted octanol–water partition coefficient (Wildman–Crippen LogP) is 0.915. The molecule has 0 saturated carbocycles. The van der Waals surface area contributed by atoms with E-state index >= 15 is 0 Å². The predicted molar refractivity (Wildman–Crippen MR) is 66.1 cm³/mol. The van der Waals surface area contributed by atoms with Crippen LogP contribution in [0.4, 0.5) is 0 Å². The van der Waals surface area contributed by atoms with Gasteiger partial charge >= 0.3 is 0 Å². The largest absolute Gasteiger partial charge is 0.305 e. The van der Waals surface area contributed by atoms with E-state index in [1.54, 1.807) is 0 Å². The molecule has 2 unspecified atom stereocenters. The Balaban J connectivity index is 2.47. The molecular weight excluding hydrogens is 216 g/mol. The van der Waals surface area contributed by atoms with E-state index in [9.17, 15) is 9.59 Å². The van der Waals surface area contributed by atoms with Gasteiger partial charge < -0.3 is 5.32 Å². The summed E-state index contributed by atoms with van der Waals surface area (Å²) in [5.41, 5.74) is 0. The van der Waals surface area contributed by atoms with Crippen LogP contribution in [0.25, 0.3) is 0 Å². The van der Waals surface area contributed by atoms with Crippen LogP contribution < -0.4 is 5.32 Å². The molecule has 4 heteroatoms. The molecule has 0 aromatic carbocycles. The van der Waals surface area contributed by atoms with Gasteiger partial charge in [-0.05, 0) is 26.3 Å². The molecule has 0 radical (unpaired) electrons. The summed E-state index contributed by atoms with van der Waals surface area (Å²) in [6.45, 7) is 4.55. The minimum Gasteiger partial charge on any atom is -0.305 e. The first kappa shape index (κ1) is 13.7. The molecule has 2 atom stereocenters. The number of hydrogen-bond donors (Lipinski definition) is 1. The van der Waals surface area contributed by atoms with E-state index in [1.807, 2.05) is 13.8 Å². The number of terminal acetylenes is 1. The molecule has 0 aromatic rings. The Morgan fingerprint density at radius 3 is 2.88 bits per heavy atom. The maximum absolute atomic E-state index is 12.0. The van der Waals surface area contributed by atoms with Crippen LogP contribution in [0, 0.1) is 12.3 Å². The number of nitrogens with one attached hydrogen (secondary N) is 1. The second-order valence-electron chi connectivity index (χ2n) is 4.38. The first-order chi connectivity index (χ1) is 8.11. The van der Waals surface area contributed by atoms with Crippen LogP contribution in [0.2, 0.25) is 0 Å². The maximum atomic E-state index is 12.0. The van der Waals surface area contributed by atoms with E-state index in [1.165, 1.54) is 4.90 Å². The molecule has 1 saturated heterocycles. The highest BCUT2D eigenvalue weighted by Gasteiger charge is 2.39. The van der Waals surface area contributed by atoms with Crippen LogP contribution in [0.1, 0.15) is 39.5 Å². The molecule has 0 aromatic heterocycles. The first-order valence-corrected chi connectivity index (χ1v) is 6.14. The number of imide groups is 1. The van der Waals surface area contributed by atoms with Crippen LogP contribution >= 0.6 is 0 Å². The van der Waals surface area contributed by atoms with Gasteiger partial charge in [0.25, 0.3) is 0 Å². The minimum absolute atomic E-state index is 0.00694. The number of likely N-dealkylation sites (tertiary alicyclic amines) is 1. The van der Waals surface area contributed by atoms with Gasteiger partial charge in [0.05, 0.1) is 12.5 Å². The van der Waals surface area contributed by atoms with E-state index in [2.05, 4.69) is 11.2 Å². The number of unbranched alkanes of at least 4 members (excludes halogenated alkanes) is 1. The zero-order chi connectivity index (χ0) is 12.8. The topological polar surface area (TPSA) is 49.4 Å². The summed E-state index contributed by atoms with van der Waals surface area (Å²) >= 11 is 0. The standard InChI is InChI=1S/C13H20N2O2/c1-4-6-7-8-14-11-9-12(16)15(13(11)17)10(3)5-2/h1,10-11,14H,5-9H2,2-3H3. The van der Waals surface area contributed by atoms with Gasteiger partial charge in [0.1, 0.15) is 0 Å². The van der Waals surface area contributed by atoms with E-state index in [0.29, 0.717) is 13.0 Å². The average molecular weight is 236 g/mol. The molecule has 17 heavy (non-hydrogen) atoms. The third-order valence-electron chi connectivity index (χ3n) is 3.10. The SMILES string of the molecule is C#CCCCNC1CC(=O)N(C(C)CC)C1=O. The van der Waals surface area contributed by atoms with Gasteiger partial charge in [-0.2, -0.15) is 0 Å². The van der Waals surface area contributed by atoms with Crippen molar-refractivity contribution >= 4 is 11.8 Å². The fourth-order valence-electron chi connectivity index (χ4n) is 1.92. The second kappa shape index (κ2) is 6.41. The quantitative estimate of drug-likeness (QED) is 0.424. The monoisotopic (exact) mass is 236 g/mol. The lowest BCUT2D eigenvalue weighted by molar-refractivity contribution is -0.141. The number of amides is 2. The average Bonchev–Trinajstić information content (AvgIpc) is 2.59. The highest BCUT2D eigenvalue weighted by atomic mass is 16.2. The zero-order valence-corrected chi connectivity index (χ0v) is 10.5. The summed E-state index contributed by atoms with van der Waals surface area (Å²) in [6, 6.07) is -0.359. The minimum atomic E-state index is -0.353. The molecule has 0 bridgehead atoms. The molecule has 0 spiro atoms. The van der Waals surface area contributed by atoms with Crippen LogP contribution in [0.15, 0.2) is 0 Å². The molecule has 4 nitrogen and oxygen atoms in total. The Bertz CT molecular complexity index is 333. The zero-order valence-electron chi connectivity index (χ0n) is 10.5. The molecular formula is C13H20N2O2. The molecule has 1 fully saturated rings. The van der Waals surface area contributed by atoms with E-state index < -0.39 is 0 Å². The summed E-state index contributed by atoms with van der Waals surface area (Å²) < 4.78 is 0. The summed E-state index contributed by atoms with van der Waals surface area (Å²) in [6.07, 6.45) is 7.74. The van der Waals surface area contributed by atoms with Crippen molar-refractivity contribution in [3.05, 3.63) is 0 Å². The lowest BCUT2D eigenvalue weighted by Gasteiger charge is -2.21. The number of carbonyl (C=O) groups excluding carboxylic acids is 2. The van der Waals surface area contributed by atoms with E-state index in [0.717, 1.165) is 12.8 Å². The van der Waals surface area contributed by atoms with Gasteiger partial charge in [0.15, 0.2) is 0 Å². The van der Waals surface area contributed by atoms with Crippen LogP contribution in [-0.2, 0) is 9.59 Å². The lowest BCUT2D eigenvalue weighted by Crippen LogP contribution is -2.42. The summed E-state index contributed by atoms with van der Waals surface area (Å²) in [5.74, 6) is 2.38. The Morgan fingerprint density at radius 2 is 2.29 bits per heavy atom. The third kappa shape index (κ3) is 3.31. The van der Waals surface area contributed by atoms with Crippen LogP contribution in [0.5, 0.6) is 0 Å². The van der Waals surface area contributed by atoms with E-state index in [4.69, 9.17) is 6.42 Å². The summed E-state index contributed by atoms with van der Waals surface area (Å²) in [4.78, 5) is 25.1. The van der Waals surface area contributed by atoms with Crippen molar-refractivity contribution in [2.45, 2.75) is 51.6 Å². The number of carbonyl (C=O) groups is 2. The van der Waals surface area contributed by atoms with Crippen molar-refractivity contribution in [3.8, 4) is 12.3 Å². The molecule has 1 N–H and O–H groups in total. The van der Waals surface area contributed by atoms with Gasteiger partial charge in [-0.1, -0.05) is 6.92 Å². The Morgan fingerprint density at radius 1 is 1.59 bits per heavy atom. The van der Waals surface area contributed by atoms with Crippen LogP contribution in [0.3, 0.4) is 0 Å². The fourth-order valence-corrected chi connectivity index (χ4v) is 1.92. The molecule has 1 aliphatic heterocycles. The van der Waals surface area contributed by atoms with Gasteiger partial charge in [0, 0.05) is 12.5 Å². The third-order valence-corrected chi connectivity index (χ3v) is 3.10. The van der Waals surface area contributed by atoms with Gasteiger partial charge in [-0.15, -0.1) is 12.3 Å². The highest BCUT2D eigenvalue weighted by molar-refractivity contribution is 6.05. The van der Waals surface area contributed by atoms with Gasteiger partial charge in [-0.3, -0.25) is 14.5 Å². The fraction of sp³-hybridized carbons (Fsp3) is 0.692. The van der Waals surface area contributed by atoms with E-state index in [-0.39, 0.29) is 30.3 Å². The second-order valence-corrected chi connectivity index (χ2v) is 4.38. The first-order valence-electron chi connectivity index (χ1n) is 6.14. The molecule has 0 aliphatic carbocycles. The molecule has 2 amide bonds. The Kier molecular flexibility index (Phi) is 5.17. The normalized spacial score (nSPS) is 21.7. The Labute approximate surface area is 103 Å². The van der Waals surface area contributed by atoms with Crippen molar-refractivity contribution in [1.82, 2.24) is 10.2 Å². The van der Waals surface area contributed by atoms with Gasteiger partial charge in [0.2, 0.25) is 11.8 Å². The van der Waals surface area contributed by atoms with Crippen molar-refractivity contribution in [2.24, 2.45) is 0 Å². The number of hydrogen-bond acceptors (Lipinski definition) is 3. The highest BCUT2D eigenvalue weighted by Crippen LogP contribution is 2.17. The summed E-state index contributed by atoms with van der Waals surface area (Å²) in [5, 5.41) is 3.10. The maximum Gasteiger partial charge on any atom is 0.247 e. The molecule has 1 heterocycles. The Hall–Kier alpha value is -1.34. The summed E-state index contributed by atoms with van der Waals surface area (Å²) in [7, 11) is 0. The molecule has 1 rings (SSSR count). The van der Waals surface area contributed by atoms with Gasteiger partial charge in [-0.25, -0.2) is 0 Å². The number of nitrogens with zero attached hydrogens (tertiary/aromatic N) is 1. The van der Waals surface area contributed by atoms with Crippen molar-refractivity contribution in [1.29, 1.82) is 0 Å². The number of rotatable bonds is 6.